The maximum atomic E-state index is 12.4. The van der Waals surface area contributed by atoms with E-state index < -0.39 is 0 Å². The number of furan rings is 1. The fraction of sp³-hybridized carbons (Fsp3) is 0.450. The number of amides is 1. The molecule has 0 bridgehead atoms. The Hall–Kier alpha value is -2.18. The fourth-order valence-corrected chi connectivity index (χ4v) is 3.50. The van der Waals surface area contributed by atoms with Gasteiger partial charge in [0.15, 0.2) is 11.5 Å². The first-order chi connectivity index (χ1) is 12.8. The summed E-state index contributed by atoms with van der Waals surface area (Å²) in [5.41, 5.74) is 1.75. The molecule has 0 saturated carbocycles. The summed E-state index contributed by atoms with van der Waals surface area (Å²) in [6.45, 7) is 3.65. The van der Waals surface area contributed by atoms with Gasteiger partial charge in [-0.3, -0.25) is 4.79 Å². The molecule has 2 aliphatic rings. The van der Waals surface area contributed by atoms with Gasteiger partial charge in [-0.15, -0.1) is 12.4 Å². The Morgan fingerprint density at radius 3 is 2.74 bits per heavy atom. The van der Waals surface area contributed by atoms with E-state index in [4.69, 9.17) is 13.9 Å². The summed E-state index contributed by atoms with van der Waals surface area (Å²) in [7, 11) is 0. The number of likely N-dealkylation sites (tertiary alicyclic amines) is 1. The molecule has 0 atom stereocenters. The van der Waals surface area contributed by atoms with Crippen molar-refractivity contribution < 1.29 is 18.7 Å². The zero-order valence-corrected chi connectivity index (χ0v) is 16.0. The molecule has 1 N–H and O–H groups in total. The molecule has 0 spiro atoms. The monoisotopic (exact) mass is 392 g/mol. The molecule has 7 heteroatoms. The Morgan fingerprint density at radius 2 is 1.96 bits per heavy atom. The molecule has 1 amide bonds. The Morgan fingerprint density at radius 1 is 1.15 bits per heavy atom. The van der Waals surface area contributed by atoms with Gasteiger partial charge < -0.3 is 24.1 Å². The number of rotatable bonds is 4. The zero-order valence-electron chi connectivity index (χ0n) is 15.2. The van der Waals surface area contributed by atoms with E-state index in [1.54, 1.807) is 6.07 Å². The van der Waals surface area contributed by atoms with E-state index in [0.29, 0.717) is 24.8 Å². The molecule has 1 aromatic carbocycles. The summed E-state index contributed by atoms with van der Waals surface area (Å²) in [5, 5.41) is 3.61. The lowest BCUT2D eigenvalue weighted by atomic mass is 10.0. The van der Waals surface area contributed by atoms with E-state index in [0.717, 1.165) is 56.0 Å². The highest BCUT2D eigenvalue weighted by Gasteiger charge is 2.24. The number of piperidine rings is 1. The molecule has 146 valence electrons. The van der Waals surface area contributed by atoms with Crippen molar-refractivity contribution in [1.29, 1.82) is 0 Å². The van der Waals surface area contributed by atoms with Gasteiger partial charge in [-0.2, -0.15) is 0 Å². The van der Waals surface area contributed by atoms with Gasteiger partial charge in [-0.1, -0.05) is 12.1 Å². The average Bonchev–Trinajstić information content (AvgIpc) is 3.11. The SMILES string of the molecule is Cl.O=C(c1ccoc1)N1CCC(NCc2cccc3c2OCCCO3)CC1. The van der Waals surface area contributed by atoms with Gasteiger partial charge in [0.2, 0.25) is 0 Å². The van der Waals surface area contributed by atoms with Crippen LogP contribution < -0.4 is 14.8 Å². The van der Waals surface area contributed by atoms with E-state index in [-0.39, 0.29) is 18.3 Å². The number of nitrogens with one attached hydrogen (secondary N) is 1. The molecular weight excluding hydrogens is 368 g/mol. The molecule has 0 radical (unpaired) electrons. The zero-order chi connectivity index (χ0) is 17.8. The molecule has 4 rings (SSSR count). The van der Waals surface area contributed by atoms with Crippen LogP contribution in [-0.2, 0) is 6.54 Å². The van der Waals surface area contributed by atoms with Crippen LogP contribution >= 0.6 is 12.4 Å². The maximum Gasteiger partial charge on any atom is 0.257 e. The summed E-state index contributed by atoms with van der Waals surface area (Å²) in [4.78, 5) is 14.3. The highest BCUT2D eigenvalue weighted by molar-refractivity contribution is 5.93. The van der Waals surface area contributed by atoms with Crippen molar-refractivity contribution in [3.05, 3.63) is 47.9 Å². The van der Waals surface area contributed by atoms with Gasteiger partial charge in [-0.05, 0) is 25.0 Å². The molecule has 27 heavy (non-hydrogen) atoms. The van der Waals surface area contributed by atoms with Crippen LogP contribution in [0, 0.1) is 0 Å². The minimum atomic E-state index is 0. The number of para-hydroxylation sites is 1. The van der Waals surface area contributed by atoms with E-state index in [1.807, 2.05) is 17.0 Å². The van der Waals surface area contributed by atoms with Crippen molar-refractivity contribution in [3.63, 3.8) is 0 Å². The number of fused-ring (bicyclic) bond motifs is 1. The van der Waals surface area contributed by atoms with Gasteiger partial charge >= 0.3 is 0 Å². The first kappa shape index (κ1) is 19.6. The lowest BCUT2D eigenvalue weighted by molar-refractivity contribution is 0.0704. The van der Waals surface area contributed by atoms with Crippen molar-refractivity contribution in [2.75, 3.05) is 26.3 Å². The first-order valence-corrected chi connectivity index (χ1v) is 9.23. The second-order valence-corrected chi connectivity index (χ2v) is 6.75. The summed E-state index contributed by atoms with van der Waals surface area (Å²) in [6, 6.07) is 8.17. The van der Waals surface area contributed by atoms with Crippen molar-refractivity contribution in [3.8, 4) is 11.5 Å². The van der Waals surface area contributed by atoms with E-state index in [2.05, 4.69) is 11.4 Å². The summed E-state index contributed by atoms with van der Waals surface area (Å²) < 4.78 is 16.6. The van der Waals surface area contributed by atoms with Crippen LogP contribution in [0.3, 0.4) is 0 Å². The molecule has 0 unspecified atom stereocenters. The number of hydrogen-bond acceptors (Lipinski definition) is 5. The number of carbonyl (C=O) groups excluding carboxylic acids is 1. The van der Waals surface area contributed by atoms with E-state index in [1.165, 1.54) is 12.5 Å². The minimum absolute atomic E-state index is 0. The Bertz CT molecular complexity index is 742. The van der Waals surface area contributed by atoms with Crippen molar-refractivity contribution in [1.82, 2.24) is 10.2 Å². The Kier molecular flexibility index (Phi) is 6.63. The van der Waals surface area contributed by atoms with Crippen LogP contribution in [0.25, 0.3) is 0 Å². The Labute approximate surface area is 165 Å². The van der Waals surface area contributed by atoms with Crippen LogP contribution in [-0.4, -0.2) is 43.2 Å². The van der Waals surface area contributed by atoms with Crippen LogP contribution in [0.15, 0.2) is 41.2 Å². The van der Waals surface area contributed by atoms with Gasteiger partial charge in [0, 0.05) is 37.7 Å². The molecule has 1 aromatic heterocycles. The standard InChI is InChI=1S/C20H24N2O4.ClH/c23-20(16-7-12-24-14-16)22-8-5-17(6-9-22)21-13-15-3-1-4-18-19(15)26-11-2-10-25-18;/h1,3-4,7,12,14,17,21H,2,5-6,8-11,13H2;1H. The predicted molar refractivity (Wildman–Crippen MR) is 104 cm³/mol. The van der Waals surface area contributed by atoms with Crippen molar-refractivity contribution in [2.24, 2.45) is 0 Å². The number of ether oxygens (including phenoxy) is 2. The highest BCUT2D eigenvalue weighted by Crippen LogP contribution is 2.33. The quantitative estimate of drug-likeness (QED) is 0.865. The smallest absolute Gasteiger partial charge is 0.257 e. The predicted octanol–water partition coefficient (Wildman–Crippen LogP) is 3.26. The maximum absolute atomic E-state index is 12.4. The molecule has 1 saturated heterocycles. The third-order valence-electron chi connectivity index (χ3n) is 4.98. The lowest BCUT2D eigenvalue weighted by Gasteiger charge is -2.32. The number of nitrogens with zero attached hydrogens (tertiary/aromatic N) is 1. The number of halogens is 1. The summed E-state index contributed by atoms with van der Waals surface area (Å²) >= 11 is 0. The van der Waals surface area contributed by atoms with Gasteiger partial charge in [0.25, 0.3) is 5.91 Å². The van der Waals surface area contributed by atoms with Crippen molar-refractivity contribution >= 4 is 18.3 Å². The molecule has 2 aromatic rings. The van der Waals surface area contributed by atoms with Crippen LogP contribution in [0.5, 0.6) is 11.5 Å². The second kappa shape index (κ2) is 9.15. The normalized spacial score (nSPS) is 17.1. The number of hydrogen-bond donors (Lipinski definition) is 1. The fourth-order valence-electron chi connectivity index (χ4n) is 3.50. The molecule has 0 aliphatic carbocycles. The molecule has 2 aliphatic heterocycles. The first-order valence-electron chi connectivity index (χ1n) is 9.23. The third kappa shape index (κ3) is 4.57. The molecular formula is C20H25ClN2O4. The highest BCUT2D eigenvalue weighted by atomic mass is 35.5. The van der Waals surface area contributed by atoms with Gasteiger partial charge in [-0.25, -0.2) is 0 Å². The van der Waals surface area contributed by atoms with Gasteiger partial charge in [0.05, 0.1) is 25.0 Å². The summed E-state index contributed by atoms with van der Waals surface area (Å²) in [5.74, 6) is 1.75. The van der Waals surface area contributed by atoms with E-state index in [9.17, 15) is 4.79 Å². The second-order valence-electron chi connectivity index (χ2n) is 6.75. The third-order valence-corrected chi connectivity index (χ3v) is 4.98. The van der Waals surface area contributed by atoms with Crippen LogP contribution in [0.1, 0.15) is 35.2 Å². The van der Waals surface area contributed by atoms with Gasteiger partial charge in [0.1, 0.15) is 6.26 Å². The van der Waals surface area contributed by atoms with Crippen LogP contribution in [0.4, 0.5) is 0 Å². The molecule has 1 fully saturated rings. The number of carbonyl (C=O) groups is 1. The minimum Gasteiger partial charge on any atom is -0.490 e. The number of benzene rings is 1. The lowest BCUT2D eigenvalue weighted by Crippen LogP contribution is -2.44. The van der Waals surface area contributed by atoms with Crippen LogP contribution in [0.2, 0.25) is 0 Å². The average molecular weight is 393 g/mol. The Balaban J connectivity index is 0.00000210. The molecule has 6 nitrogen and oxygen atoms in total. The molecule has 3 heterocycles. The largest absolute Gasteiger partial charge is 0.490 e. The topological polar surface area (TPSA) is 63.9 Å². The van der Waals surface area contributed by atoms with Crippen molar-refractivity contribution in [2.45, 2.75) is 31.8 Å². The van der Waals surface area contributed by atoms with E-state index >= 15 is 0 Å². The summed E-state index contributed by atoms with van der Waals surface area (Å²) in [6.07, 6.45) is 5.84.